The van der Waals surface area contributed by atoms with Gasteiger partial charge in [-0.3, -0.25) is 9.69 Å². The van der Waals surface area contributed by atoms with E-state index in [9.17, 15) is 4.79 Å². The lowest BCUT2D eigenvalue weighted by Crippen LogP contribution is -2.48. The smallest absolute Gasteiger partial charge is 0.222 e. The van der Waals surface area contributed by atoms with Crippen molar-refractivity contribution >= 4 is 5.91 Å². The highest BCUT2D eigenvalue weighted by Crippen LogP contribution is 2.15. The fraction of sp³-hybridized carbons (Fsp3) is 0.929. The molecule has 2 aliphatic rings. The molecule has 0 saturated carbocycles. The highest BCUT2D eigenvalue weighted by molar-refractivity contribution is 5.76. The summed E-state index contributed by atoms with van der Waals surface area (Å²) in [7, 11) is 0. The van der Waals surface area contributed by atoms with Gasteiger partial charge in [-0.15, -0.1) is 0 Å². The number of rotatable bonds is 5. The van der Waals surface area contributed by atoms with Gasteiger partial charge in [0.2, 0.25) is 5.91 Å². The summed E-state index contributed by atoms with van der Waals surface area (Å²) in [6.45, 7) is 8.94. The number of carbonyl (C=O) groups excluding carboxylic acids is 1. The molecular weight excluding hydrogens is 244 g/mol. The van der Waals surface area contributed by atoms with Gasteiger partial charge in [0.15, 0.2) is 0 Å². The van der Waals surface area contributed by atoms with Gasteiger partial charge in [0, 0.05) is 51.9 Å². The average molecular weight is 270 g/mol. The second kappa shape index (κ2) is 7.82. The van der Waals surface area contributed by atoms with E-state index in [1.54, 1.807) is 0 Å². The summed E-state index contributed by atoms with van der Waals surface area (Å²) in [4.78, 5) is 16.6. The van der Waals surface area contributed by atoms with Crippen LogP contribution in [0.25, 0.3) is 0 Å². The molecule has 2 rings (SSSR count). The van der Waals surface area contributed by atoms with E-state index in [1.165, 1.54) is 0 Å². The van der Waals surface area contributed by atoms with Crippen LogP contribution in [-0.4, -0.2) is 74.4 Å². The molecule has 5 nitrogen and oxygen atoms in total. The zero-order valence-electron chi connectivity index (χ0n) is 12.0. The lowest BCUT2D eigenvalue weighted by atomic mass is 10.1. The van der Waals surface area contributed by atoms with Crippen LogP contribution in [0.15, 0.2) is 0 Å². The quantitative estimate of drug-likeness (QED) is 0.739. The molecule has 0 unspecified atom stereocenters. The Morgan fingerprint density at radius 2 is 1.79 bits per heavy atom. The van der Waals surface area contributed by atoms with E-state index in [4.69, 9.17) is 9.47 Å². The first-order valence-electron chi connectivity index (χ1n) is 7.48. The standard InChI is InChI=1S/C14H26N2O3/c1-2-14(17)16(13-3-9-18-10-4-13)6-5-15-7-11-19-12-8-15/h13H,2-12H2,1H3. The summed E-state index contributed by atoms with van der Waals surface area (Å²) in [6, 6.07) is 0.377. The van der Waals surface area contributed by atoms with Gasteiger partial charge in [0.1, 0.15) is 0 Å². The normalized spacial score (nSPS) is 22.4. The van der Waals surface area contributed by atoms with E-state index in [0.29, 0.717) is 12.5 Å². The number of amides is 1. The average Bonchev–Trinajstić information content (AvgIpc) is 2.49. The van der Waals surface area contributed by atoms with Gasteiger partial charge in [0.25, 0.3) is 0 Å². The van der Waals surface area contributed by atoms with Crippen LogP contribution in [0, 0.1) is 0 Å². The predicted octanol–water partition coefficient (Wildman–Crippen LogP) is 0.736. The minimum atomic E-state index is 0.278. The molecule has 2 fully saturated rings. The summed E-state index contributed by atoms with van der Waals surface area (Å²) < 4.78 is 10.7. The number of nitrogens with zero attached hydrogens (tertiary/aromatic N) is 2. The highest BCUT2D eigenvalue weighted by atomic mass is 16.5. The SMILES string of the molecule is CCC(=O)N(CCN1CCOCC1)C1CCOCC1. The fourth-order valence-corrected chi connectivity index (χ4v) is 2.78. The van der Waals surface area contributed by atoms with Crippen LogP contribution in [0.3, 0.4) is 0 Å². The van der Waals surface area contributed by atoms with Crippen molar-refractivity contribution in [3.63, 3.8) is 0 Å². The van der Waals surface area contributed by atoms with Crippen molar-refractivity contribution in [3.8, 4) is 0 Å². The van der Waals surface area contributed by atoms with Crippen molar-refractivity contribution in [1.29, 1.82) is 0 Å². The first kappa shape index (κ1) is 14.8. The second-order valence-electron chi connectivity index (χ2n) is 5.24. The third kappa shape index (κ3) is 4.44. The molecule has 0 aromatic rings. The molecule has 0 aromatic heterocycles. The van der Waals surface area contributed by atoms with E-state index in [1.807, 2.05) is 6.92 Å². The Labute approximate surface area is 115 Å². The number of ether oxygens (including phenoxy) is 2. The van der Waals surface area contributed by atoms with Crippen LogP contribution >= 0.6 is 0 Å². The molecule has 1 amide bonds. The molecule has 0 radical (unpaired) electrons. The van der Waals surface area contributed by atoms with Crippen molar-refractivity contribution in [2.75, 3.05) is 52.6 Å². The number of morpholine rings is 1. The zero-order valence-corrected chi connectivity index (χ0v) is 12.0. The summed E-state index contributed by atoms with van der Waals surface area (Å²) in [5, 5.41) is 0. The molecule has 0 atom stereocenters. The monoisotopic (exact) mass is 270 g/mol. The van der Waals surface area contributed by atoms with Crippen LogP contribution in [0.5, 0.6) is 0 Å². The van der Waals surface area contributed by atoms with E-state index < -0.39 is 0 Å². The fourth-order valence-electron chi connectivity index (χ4n) is 2.78. The number of hydrogen-bond acceptors (Lipinski definition) is 4. The van der Waals surface area contributed by atoms with Gasteiger partial charge < -0.3 is 14.4 Å². The van der Waals surface area contributed by atoms with Crippen molar-refractivity contribution in [2.24, 2.45) is 0 Å². The van der Waals surface area contributed by atoms with Crippen LogP contribution in [0.1, 0.15) is 26.2 Å². The number of hydrogen-bond donors (Lipinski definition) is 0. The van der Waals surface area contributed by atoms with Gasteiger partial charge in [-0.05, 0) is 12.8 Å². The lowest BCUT2D eigenvalue weighted by Gasteiger charge is -2.36. The van der Waals surface area contributed by atoms with Crippen molar-refractivity contribution < 1.29 is 14.3 Å². The zero-order chi connectivity index (χ0) is 13.5. The van der Waals surface area contributed by atoms with Crippen molar-refractivity contribution in [2.45, 2.75) is 32.2 Å². The topological polar surface area (TPSA) is 42.0 Å². The Morgan fingerprint density at radius 1 is 1.16 bits per heavy atom. The third-order valence-corrected chi connectivity index (χ3v) is 4.02. The van der Waals surface area contributed by atoms with Crippen molar-refractivity contribution in [1.82, 2.24) is 9.80 Å². The highest BCUT2D eigenvalue weighted by Gasteiger charge is 2.25. The van der Waals surface area contributed by atoms with Crippen LogP contribution in [0.2, 0.25) is 0 Å². The third-order valence-electron chi connectivity index (χ3n) is 4.02. The summed E-state index contributed by atoms with van der Waals surface area (Å²) in [6.07, 6.45) is 2.56. The van der Waals surface area contributed by atoms with Crippen molar-refractivity contribution in [3.05, 3.63) is 0 Å². The van der Waals surface area contributed by atoms with Gasteiger partial charge in [-0.25, -0.2) is 0 Å². The first-order valence-corrected chi connectivity index (χ1v) is 7.48. The van der Waals surface area contributed by atoms with Crippen LogP contribution in [0.4, 0.5) is 0 Å². The molecule has 2 aliphatic heterocycles. The van der Waals surface area contributed by atoms with E-state index >= 15 is 0 Å². The Kier molecular flexibility index (Phi) is 6.07. The van der Waals surface area contributed by atoms with Gasteiger partial charge in [0.05, 0.1) is 13.2 Å². The molecule has 0 bridgehead atoms. The maximum atomic E-state index is 12.1. The minimum absolute atomic E-state index is 0.278. The predicted molar refractivity (Wildman–Crippen MR) is 73.1 cm³/mol. The summed E-state index contributed by atoms with van der Waals surface area (Å²) in [5.41, 5.74) is 0. The van der Waals surface area contributed by atoms with Crippen LogP contribution < -0.4 is 0 Å². The van der Waals surface area contributed by atoms with E-state index in [0.717, 1.165) is 65.4 Å². The second-order valence-corrected chi connectivity index (χ2v) is 5.24. The maximum Gasteiger partial charge on any atom is 0.222 e. The van der Waals surface area contributed by atoms with E-state index in [2.05, 4.69) is 9.80 Å². The molecule has 0 spiro atoms. The Hall–Kier alpha value is -0.650. The Balaban J connectivity index is 1.83. The molecule has 5 heteroatoms. The molecule has 2 saturated heterocycles. The molecule has 19 heavy (non-hydrogen) atoms. The van der Waals surface area contributed by atoms with Gasteiger partial charge >= 0.3 is 0 Å². The first-order chi connectivity index (χ1) is 9.31. The minimum Gasteiger partial charge on any atom is -0.381 e. The number of carbonyl (C=O) groups is 1. The molecular formula is C14H26N2O3. The molecule has 2 heterocycles. The van der Waals surface area contributed by atoms with Crippen LogP contribution in [-0.2, 0) is 14.3 Å². The lowest BCUT2D eigenvalue weighted by molar-refractivity contribution is -0.135. The Morgan fingerprint density at radius 3 is 2.42 bits per heavy atom. The van der Waals surface area contributed by atoms with Gasteiger partial charge in [-0.2, -0.15) is 0 Å². The molecule has 0 N–H and O–H groups in total. The summed E-state index contributed by atoms with van der Waals surface area (Å²) in [5.74, 6) is 0.278. The largest absolute Gasteiger partial charge is 0.381 e. The molecule has 0 aliphatic carbocycles. The maximum absolute atomic E-state index is 12.1. The van der Waals surface area contributed by atoms with E-state index in [-0.39, 0.29) is 5.91 Å². The summed E-state index contributed by atoms with van der Waals surface area (Å²) >= 11 is 0. The van der Waals surface area contributed by atoms with Gasteiger partial charge in [-0.1, -0.05) is 6.92 Å². The Bertz CT molecular complexity index is 274. The molecule has 110 valence electrons. The molecule has 0 aromatic carbocycles.